The molecule has 1 aliphatic heterocycles. The minimum absolute atomic E-state index is 0.333. The predicted octanol–water partition coefficient (Wildman–Crippen LogP) is 2.57. The minimum atomic E-state index is 0.333. The van der Waals surface area contributed by atoms with Gasteiger partial charge < -0.3 is 5.32 Å². The summed E-state index contributed by atoms with van der Waals surface area (Å²) in [7, 11) is 2.27. The molecule has 2 unspecified atom stereocenters. The molecule has 3 nitrogen and oxygen atoms in total. The van der Waals surface area contributed by atoms with Crippen LogP contribution in [0.1, 0.15) is 52.9 Å². The lowest BCUT2D eigenvalue weighted by Gasteiger charge is -2.47. The van der Waals surface area contributed by atoms with Crippen molar-refractivity contribution in [3.05, 3.63) is 0 Å². The van der Waals surface area contributed by atoms with E-state index in [9.17, 15) is 0 Å². The molecule has 0 amide bonds. The summed E-state index contributed by atoms with van der Waals surface area (Å²) in [5.74, 6) is 0.870. The van der Waals surface area contributed by atoms with E-state index < -0.39 is 0 Å². The van der Waals surface area contributed by atoms with Gasteiger partial charge in [0, 0.05) is 37.8 Å². The van der Waals surface area contributed by atoms with Crippen LogP contribution in [0.2, 0.25) is 0 Å². The number of likely N-dealkylation sites (N-methyl/N-ethyl adjacent to an activating group) is 1. The third-order valence-corrected chi connectivity index (χ3v) is 5.45. The molecule has 118 valence electrons. The summed E-state index contributed by atoms with van der Waals surface area (Å²) in [6, 6.07) is 0.770. The molecule has 1 aliphatic carbocycles. The summed E-state index contributed by atoms with van der Waals surface area (Å²) in [5, 5.41) is 3.80. The molecule has 0 bridgehead atoms. The van der Waals surface area contributed by atoms with Gasteiger partial charge in [0.2, 0.25) is 0 Å². The second-order valence-corrected chi connectivity index (χ2v) is 7.57. The summed E-state index contributed by atoms with van der Waals surface area (Å²) in [6.45, 7) is 13.2. The van der Waals surface area contributed by atoms with Crippen LogP contribution >= 0.6 is 0 Å². The summed E-state index contributed by atoms with van der Waals surface area (Å²) >= 11 is 0. The highest BCUT2D eigenvalue weighted by Crippen LogP contribution is 2.27. The smallest absolute Gasteiger partial charge is 0.0277 e. The molecule has 0 aromatic rings. The second kappa shape index (κ2) is 7.24. The molecule has 0 spiro atoms. The Morgan fingerprint density at radius 1 is 1.15 bits per heavy atom. The summed E-state index contributed by atoms with van der Waals surface area (Å²) in [5.41, 5.74) is 0.333. The van der Waals surface area contributed by atoms with E-state index in [4.69, 9.17) is 0 Å². The molecule has 2 fully saturated rings. The molecule has 3 heteroatoms. The van der Waals surface area contributed by atoms with Crippen molar-refractivity contribution in [2.24, 2.45) is 5.92 Å². The first-order chi connectivity index (χ1) is 9.53. The van der Waals surface area contributed by atoms with Crippen molar-refractivity contribution in [2.45, 2.75) is 64.5 Å². The molecular formula is C17H35N3. The van der Waals surface area contributed by atoms with E-state index in [1.54, 1.807) is 0 Å². The fraction of sp³-hybridized carbons (Fsp3) is 1.00. The van der Waals surface area contributed by atoms with Crippen LogP contribution in [0.5, 0.6) is 0 Å². The molecule has 20 heavy (non-hydrogen) atoms. The number of piperazine rings is 1. The molecule has 1 saturated carbocycles. The average Bonchev–Trinajstić information content (AvgIpc) is 2.42. The molecule has 2 rings (SSSR count). The third-order valence-electron chi connectivity index (χ3n) is 5.45. The zero-order chi connectivity index (χ0) is 14.6. The van der Waals surface area contributed by atoms with E-state index in [-0.39, 0.29) is 0 Å². The molecule has 0 radical (unpaired) electrons. The number of nitrogens with zero attached hydrogens (tertiary/aromatic N) is 2. The molecule has 0 aromatic carbocycles. The maximum Gasteiger partial charge on any atom is 0.0277 e. The van der Waals surface area contributed by atoms with Crippen molar-refractivity contribution in [1.82, 2.24) is 15.1 Å². The first-order valence-corrected chi connectivity index (χ1v) is 8.70. The van der Waals surface area contributed by atoms with Gasteiger partial charge in [-0.1, -0.05) is 19.8 Å². The Hall–Kier alpha value is -0.120. The molecule has 2 atom stereocenters. The van der Waals surface area contributed by atoms with E-state index in [0.717, 1.165) is 12.0 Å². The molecule has 1 saturated heterocycles. The summed E-state index contributed by atoms with van der Waals surface area (Å²) in [4.78, 5) is 5.23. The topological polar surface area (TPSA) is 18.5 Å². The Balaban J connectivity index is 1.87. The van der Waals surface area contributed by atoms with Gasteiger partial charge in [-0.15, -0.1) is 0 Å². The van der Waals surface area contributed by atoms with Gasteiger partial charge in [-0.2, -0.15) is 0 Å². The van der Waals surface area contributed by atoms with Crippen molar-refractivity contribution in [1.29, 1.82) is 0 Å². The molecule has 2 aliphatic rings. The van der Waals surface area contributed by atoms with Crippen LogP contribution < -0.4 is 5.32 Å². The van der Waals surface area contributed by atoms with Crippen molar-refractivity contribution >= 4 is 0 Å². The lowest BCUT2D eigenvalue weighted by Crippen LogP contribution is -2.59. The van der Waals surface area contributed by atoms with Crippen LogP contribution in [0.3, 0.4) is 0 Å². The highest BCUT2D eigenvalue weighted by Gasteiger charge is 2.33. The van der Waals surface area contributed by atoms with E-state index in [0.29, 0.717) is 5.54 Å². The van der Waals surface area contributed by atoms with E-state index in [1.807, 2.05) is 0 Å². The molecule has 1 N–H and O–H groups in total. The molecule has 1 heterocycles. The largest absolute Gasteiger partial charge is 0.314 e. The van der Waals surface area contributed by atoms with Crippen LogP contribution in [0.25, 0.3) is 0 Å². The Kier molecular flexibility index (Phi) is 5.88. The van der Waals surface area contributed by atoms with Crippen LogP contribution in [0.4, 0.5) is 0 Å². The number of rotatable bonds is 5. The zero-order valence-electron chi connectivity index (χ0n) is 14.1. The molecule has 0 aromatic heterocycles. The van der Waals surface area contributed by atoms with Crippen molar-refractivity contribution in [2.75, 3.05) is 39.8 Å². The monoisotopic (exact) mass is 281 g/mol. The standard InChI is InChI=1S/C17H35N3/c1-5-10-18-16-9-7-6-8-15(16)13-20-12-11-19(4)17(2,3)14-20/h15-16,18H,5-14H2,1-4H3. The first-order valence-electron chi connectivity index (χ1n) is 8.70. The molecular weight excluding hydrogens is 246 g/mol. The zero-order valence-corrected chi connectivity index (χ0v) is 14.1. The quantitative estimate of drug-likeness (QED) is 0.835. The third kappa shape index (κ3) is 4.19. The van der Waals surface area contributed by atoms with Gasteiger partial charge in [-0.25, -0.2) is 0 Å². The van der Waals surface area contributed by atoms with E-state index >= 15 is 0 Å². The van der Waals surface area contributed by atoms with E-state index in [2.05, 4.69) is 42.9 Å². The van der Waals surface area contributed by atoms with Crippen LogP contribution in [-0.2, 0) is 0 Å². The first kappa shape index (κ1) is 16.3. The Morgan fingerprint density at radius 2 is 1.90 bits per heavy atom. The fourth-order valence-corrected chi connectivity index (χ4v) is 3.85. The Labute approximate surface area is 126 Å². The van der Waals surface area contributed by atoms with Crippen LogP contribution in [0.15, 0.2) is 0 Å². The summed E-state index contributed by atoms with van der Waals surface area (Å²) < 4.78 is 0. The highest BCUT2D eigenvalue weighted by molar-refractivity contribution is 4.91. The maximum atomic E-state index is 3.80. The average molecular weight is 281 g/mol. The number of hydrogen-bond acceptors (Lipinski definition) is 3. The van der Waals surface area contributed by atoms with Gasteiger partial charge in [0.15, 0.2) is 0 Å². The Bertz CT molecular complexity index is 290. The Morgan fingerprint density at radius 3 is 2.60 bits per heavy atom. The predicted molar refractivity (Wildman–Crippen MR) is 87.2 cm³/mol. The SMILES string of the molecule is CCCNC1CCCCC1CN1CCN(C)C(C)(C)C1. The normalized spacial score (nSPS) is 32.4. The van der Waals surface area contributed by atoms with Gasteiger partial charge >= 0.3 is 0 Å². The van der Waals surface area contributed by atoms with Crippen LogP contribution in [0, 0.1) is 5.92 Å². The van der Waals surface area contributed by atoms with Crippen LogP contribution in [-0.4, -0.2) is 61.2 Å². The van der Waals surface area contributed by atoms with Gasteiger partial charge in [0.1, 0.15) is 0 Å². The number of nitrogens with one attached hydrogen (secondary N) is 1. The maximum absolute atomic E-state index is 3.80. The fourth-order valence-electron chi connectivity index (χ4n) is 3.85. The highest BCUT2D eigenvalue weighted by atomic mass is 15.3. The summed E-state index contributed by atoms with van der Waals surface area (Å²) in [6.07, 6.45) is 6.93. The lowest BCUT2D eigenvalue weighted by molar-refractivity contribution is 0.0251. The minimum Gasteiger partial charge on any atom is -0.314 e. The second-order valence-electron chi connectivity index (χ2n) is 7.57. The van der Waals surface area contributed by atoms with Gasteiger partial charge in [-0.05, 0) is 52.6 Å². The van der Waals surface area contributed by atoms with Crippen molar-refractivity contribution in [3.8, 4) is 0 Å². The van der Waals surface area contributed by atoms with E-state index in [1.165, 1.54) is 64.8 Å². The van der Waals surface area contributed by atoms with Gasteiger partial charge in [0.05, 0.1) is 0 Å². The lowest BCUT2D eigenvalue weighted by atomic mass is 9.83. The van der Waals surface area contributed by atoms with Crippen molar-refractivity contribution < 1.29 is 0 Å². The van der Waals surface area contributed by atoms with Gasteiger partial charge in [-0.3, -0.25) is 9.80 Å². The van der Waals surface area contributed by atoms with Gasteiger partial charge in [0.25, 0.3) is 0 Å². The van der Waals surface area contributed by atoms with Crippen molar-refractivity contribution in [3.63, 3.8) is 0 Å². The number of hydrogen-bond donors (Lipinski definition) is 1.